The molecule has 1 aliphatic heterocycles. The van der Waals surface area contributed by atoms with E-state index in [0.29, 0.717) is 16.7 Å². The summed E-state index contributed by atoms with van der Waals surface area (Å²) in [5.74, 6) is 2.85. The zero-order chi connectivity index (χ0) is 11.8. The Morgan fingerprint density at radius 1 is 1.41 bits per heavy atom. The van der Waals surface area contributed by atoms with Gasteiger partial charge in [0.2, 0.25) is 6.79 Å². The number of halogens is 1. The van der Waals surface area contributed by atoms with Gasteiger partial charge >= 0.3 is 0 Å². The average Bonchev–Trinajstić information content (AvgIpc) is 2.94. The lowest BCUT2D eigenvalue weighted by Crippen LogP contribution is -2.16. The number of benzene rings is 1. The van der Waals surface area contributed by atoms with Gasteiger partial charge in [-0.25, -0.2) is 0 Å². The molecule has 1 saturated carbocycles. The highest BCUT2D eigenvalue weighted by atomic mass is 35.5. The van der Waals surface area contributed by atoms with E-state index in [4.69, 9.17) is 21.1 Å². The van der Waals surface area contributed by atoms with E-state index in [1.807, 2.05) is 6.07 Å². The van der Waals surface area contributed by atoms with Gasteiger partial charge in [-0.15, -0.1) is 0 Å². The van der Waals surface area contributed by atoms with E-state index in [1.165, 1.54) is 12.0 Å². The van der Waals surface area contributed by atoms with Crippen molar-refractivity contribution in [3.63, 3.8) is 0 Å². The summed E-state index contributed by atoms with van der Waals surface area (Å²) in [6, 6.07) is 4.09. The summed E-state index contributed by atoms with van der Waals surface area (Å²) in [4.78, 5) is 0. The molecule has 0 bridgehead atoms. The van der Waals surface area contributed by atoms with E-state index >= 15 is 0 Å². The van der Waals surface area contributed by atoms with Crippen molar-refractivity contribution >= 4 is 11.6 Å². The van der Waals surface area contributed by atoms with E-state index in [1.54, 1.807) is 0 Å². The Balaban J connectivity index is 1.75. The molecule has 0 spiro atoms. The lowest BCUT2D eigenvalue weighted by molar-refractivity contribution is 0.174. The van der Waals surface area contributed by atoms with Gasteiger partial charge in [0.15, 0.2) is 11.5 Å². The van der Waals surface area contributed by atoms with Gasteiger partial charge in [0, 0.05) is 0 Å². The molecule has 92 valence electrons. The highest BCUT2D eigenvalue weighted by Crippen LogP contribution is 2.51. The lowest BCUT2D eigenvalue weighted by atomic mass is 10.1. The minimum absolute atomic E-state index is 0.282. The van der Waals surface area contributed by atoms with Gasteiger partial charge in [-0.05, 0) is 49.0 Å². The van der Waals surface area contributed by atoms with E-state index < -0.39 is 0 Å². The normalized spacial score (nSPS) is 25.1. The van der Waals surface area contributed by atoms with Crippen molar-refractivity contribution in [3.05, 3.63) is 22.7 Å². The molecule has 4 heteroatoms. The van der Waals surface area contributed by atoms with Gasteiger partial charge in [-0.3, -0.25) is 0 Å². The Morgan fingerprint density at radius 3 is 3.12 bits per heavy atom. The predicted molar refractivity (Wildman–Crippen MR) is 67.0 cm³/mol. The first-order valence-electron chi connectivity index (χ1n) is 6.09. The second-order valence-electron chi connectivity index (χ2n) is 4.65. The third-order valence-corrected chi connectivity index (χ3v) is 3.74. The summed E-state index contributed by atoms with van der Waals surface area (Å²) in [5.41, 5.74) is 1.28. The molecule has 1 fully saturated rings. The van der Waals surface area contributed by atoms with Crippen molar-refractivity contribution in [1.29, 1.82) is 0 Å². The quantitative estimate of drug-likeness (QED) is 0.895. The molecule has 1 N–H and O–H groups in total. The van der Waals surface area contributed by atoms with Crippen LogP contribution in [0.3, 0.4) is 0 Å². The first-order valence-corrected chi connectivity index (χ1v) is 6.47. The minimum Gasteiger partial charge on any atom is -0.454 e. The van der Waals surface area contributed by atoms with Crippen LogP contribution in [0.25, 0.3) is 0 Å². The Bertz CT molecular complexity index is 436. The van der Waals surface area contributed by atoms with E-state index in [9.17, 15) is 0 Å². The summed E-state index contributed by atoms with van der Waals surface area (Å²) in [7, 11) is 0. The van der Waals surface area contributed by atoms with Crippen molar-refractivity contribution < 1.29 is 9.47 Å². The van der Waals surface area contributed by atoms with Crippen LogP contribution in [-0.4, -0.2) is 19.9 Å². The van der Waals surface area contributed by atoms with Crippen LogP contribution in [-0.2, 0) is 0 Å². The molecule has 2 unspecified atom stereocenters. The zero-order valence-corrected chi connectivity index (χ0v) is 10.6. The van der Waals surface area contributed by atoms with Crippen LogP contribution in [0, 0.1) is 5.92 Å². The van der Waals surface area contributed by atoms with E-state index in [-0.39, 0.29) is 6.79 Å². The highest BCUT2D eigenvalue weighted by Gasteiger charge is 2.38. The molecule has 0 aromatic heterocycles. The SMILES string of the molecule is CCNCC1CC1c1cc(Cl)c2c(c1)OCO2. The molecule has 17 heavy (non-hydrogen) atoms. The topological polar surface area (TPSA) is 30.5 Å². The largest absolute Gasteiger partial charge is 0.454 e. The second-order valence-corrected chi connectivity index (χ2v) is 5.05. The van der Waals surface area contributed by atoms with Crippen LogP contribution < -0.4 is 14.8 Å². The molecule has 3 nitrogen and oxygen atoms in total. The van der Waals surface area contributed by atoms with Crippen LogP contribution in [0.1, 0.15) is 24.8 Å². The van der Waals surface area contributed by atoms with Crippen LogP contribution in [0.15, 0.2) is 12.1 Å². The Kier molecular flexibility index (Phi) is 2.89. The van der Waals surface area contributed by atoms with Gasteiger partial charge < -0.3 is 14.8 Å². The van der Waals surface area contributed by atoms with Crippen molar-refractivity contribution in [2.75, 3.05) is 19.9 Å². The van der Waals surface area contributed by atoms with Crippen molar-refractivity contribution in [1.82, 2.24) is 5.32 Å². The van der Waals surface area contributed by atoms with Crippen molar-refractivity contribution in [2.24, 2.45) is 5.92 Å². The standard InChI is InChI=1S/C13H16ClNO2/c1-2-15-6-9-3-10(9)8-4-11(14)13-12(5-8)16-7-17-13/h4-5,9-10,15H,2-3,6-7H2,1H3. The van der Waals surface area contributed by atoms with Crippen LogP contribution in [0.2, 0.25) is 5.02 Å². The van der Waals surface area contributed by atoms with Crippen LogP contribution >= 0.6 is 11.6 Å². The Labute approximate surface area is 106 Å². The Morgan fingerprint density at radius 2 is 2.29 bits per heavy atom. The molecule has 3 rings (SSSR count). The first kappa shape index (κ1) is 11.2. The van der Waals surface area contributed by atoms with Gasteiger partial charge in [0.05, 0.1) is 5.02 Å². The Hall–Kier alpha value is -0.930. The summed E-state index contributed by atoms with van der Waals surface area (Å²) in [6.07, 6.45) is 1.24. The zero-order valence-electron chi connectivity index (χ0n) is 9.83. The fraction of sp³-hybridized carbons (Fsp3) is 0.538. The summed E-state index contributed by atoms with van der Waals surface area (Å²) in [5, 5.41) is 4.06. The number of hydrogen-bond donors (Lipinski definition) is 1. The van der Waals surface area contributed by atoms with Gasteiger partial charge in [0.25, 0.3) is 0 Å². The van der Waals surface area contributed by atoms with Crippen LogP contribution in [0.4, 0.5) is 0 Å². The molecule has 0 radical (unpaired) electrons. The molecule has 1 aromatic carbocycles. The number of rotatable bonds is 4. The average molecular weight is 254 g/mol. The molecule has 1 aromatic rings. The maximum Gasteiger partial charge on any atom is 0.231 e. The summed E-state index contributed by atoms with van der Waals surface area (Å²) < 4.78 is 10.7. The number of hydrogen-bond acceptors (Lipinski definition) is 3. The van der Waals surface area contributed by atoms with Crippen LogP contribution in [0.5, 0.6) is 11.5 Å². The predicted octanol–water partition coefficient (Wildman–Crippen LogP) is 2.78. The first-order chi connectivity index (χ1) is 8.29. The van der Waals surface area contributed by atoms with E-state index in [0.717, 1.165) is 24.8 Å². The molecular formula is C13H16ClNO2. The number of fused-ring (bicyclic) bond motifs is 1. The molecule has 2 aliphatic rings. The van der Waals surface area contributed by atoms with Crippen molar-refractivity contribution in [2.45, 2.75) is 19.3 Å². The minimum atomic E-state index is 0.282. The molecule has 0 amide bonds. The number of ether oxygens (including phenoxy) is 2. The lowest BCUT2D eigenvalue weighted by Gasteiger charge is -2.05. The van der Waals surface area contributed by atoms with E-state index in [2.05, 4.69) is 18.3 Å². The second kappa shape index (κ2) is 4.39. The third kappa shape index (κ3) is 2.09. The maximum absolute atomic E-state index is 6.18. The molecule has 1 aliphatic carbocycles. The maximum atomic E-state index is 6.18. The van der Waals surface area contributed by atoms with Gasteiger partial charge in [-0.1, -0.05) is 18.5 Å². The fourth-order valence-corrected chi connectivity index (χ4v) is 2.69. The monoisotopic (exact) mass is 253 g/mol. The highest BCUT2D eigenvalue weighted by molar-refractivity contribution is 6.32. The van der Waals surface area contributed by atoms with Crippen molar-refractivity contribution in [3.8, 4) is 11.5 Å². The summed E-state index contributed by atoms with van der Waals surface area (Å²) >= 11 is 6.18. The summed E-state index contributed by atoms with van der Waals surface area (Å²) in [6.45, 7) is 4.54. The third-order valence-electron chi connectivity index (χ3n) is 3.46. The molecule has 0 saturated heterocycles. The molecular weight excluding hydrogens is 238 g/mol. The fourth-order valence-electron chi connectivity index (χ4n) is 2.41. The molecule has 2 atom stereocenters. The van der Waals surface area contributed by atoms with Gasteiger partial charge in [-0.2, -0.15) is 0 Å². The molecule has 1 heterocycles. The smallest absolute Gasteiger partial charge is 0.231 e. The number of nitrogens with one attached hydrogen (secondary N) is 1. The van der Waals surface area contributed by atoms with Gasteiger partial charge in [0.1, 0.15) is 0 Å².